The highest BCUT2D eigenvalue weighted by Crippen LogP contribution is 2.11. The van der Waals surface area contributed by atoms with Gasteiger partial charge in [-0.15, -0.1) is 0 Å². The molecule has 4 heteroatoms. The summed E-state index contributed by atoms with van der Waals surface area (Å²) in [4.78, 5) is 4.36. The maximum Gasteiger partial charge on any atom is 0.156 e. The topological polar surface area (TPSA) is 54.7 Å². The minimum Gasteiger partial charge on any atom is -0.382 e. The number of hydrogen-bond donors (Lipinski definition) is 2. The van der Waals surface area contributed by atoms with E-state index in [0.29, 0.717) is 6.54 Å². The molecule has 20 heavy (non-hydrogen) atoms. The molecule has 3 aromatic rings. The van der Waals surface area contributed by atoms with Crippen molar-refractivity contribution in [2.45, 2.75) is 12.8 Å². The third-order valence-corrected chi connectivity index (χ3v) is 3.43. The lowest BCUT2D eigenvalue weighted by Crippen LogP contribution is -2.84. The van der Waals surface area contributed by atoms with E-state index in [0.717, 1.165) is 23.3 Å². The van der Waals surface area contributed by atoms with E-state index in [1.165, 1.54) is 0 Å². The average Bonchev–Trinajstić information content (AvgIpc) is 2.92. The molecule has 3 N–H and O–H groups in total. The molecular weight excluding hydrogens is 250 g/mol. The van der Waals surface area contributed by atoms with E-state index in [-0.39, 0.29) is 0 Å². The molecule has 0 fully saturated rings. The third-order valence-electron chi connectivity index (χ3n) is 3.43. The van der Waals surface area contributed by atoms with Gasteiger partial charge >= 0.3 is 0 Å². The van der Waals surface area contributed by atoms with Crippen LogP contribution in [0, 0.1) is 0 Å². The summed E-state index contributed by atoms with van der Waals surface area (Å²) in [6.07, 6.45) is 1.40. The minimum atomic E-state index is -0.439. The van der Waals surface area contributed by atoms with Gasteiger partial charge in [0.2, 0.25) is 0 Å². The molecule has 3 rings (SSSR count). The average molecular weight is 268 g/mol. The van der Waals surface area contributed by atoms with E-state index in [9.17, 15) is 5.11 Å². The first-order chi connectivity index (χ1) is 9.84. The van der Waals surface area contributed by atoms with Gasteiger partial charge in [0, 0.05) is 0 Å². The zero-order chi connectivity index (χ0) is 13.8. The summed E-state index contributed by atoms with van der Waals surface area (Å²) in [5, 5.41) is 12.2. The van der Waals surface area contributed by atoms with Gasteiger partial charge < -0.3 is 10.4 Å². The minimum absolute atomic E-state index is 0.439. The highest BCUT2D eigenvalue weighted by atomic mass is 16.3. The molecule has 102 valence electrons. The van der Waals surface area contributed by atoms with Crippen LogP contribution in [-0.4, -0.2) is 21.2 Å². The van der Waals surface area contributed by atoms with E-state index in [1.807, 2.05) is 54.9 Å². The summed E-state index contributed by atoms with van der Waals surface area (Å²) in [7, 11) is 0. The fourth-order valence-electron chi connectivity index (χ4n) is 2.34. The fourth-order valence-corrected chi connectivity index (χ4v) is 2.34. The van der Waals surface area contributed by atoms with Crippen LogP contribution in [-0.2, 0) is 6.67 Å². The second-order valence-electron chi connectivity index (χ2n) is 4.84. The molecule has 0 aliphatic carbocycles. The maximum atomic E-state index is 10.1. The van der Waals surface area contributed by atoms with Gasteiger partial charge in [-0.25, -0.2) is 4.98 Å². The summed E-state index contributed by atoms with van der Waals surface area (Å²) < 4.78 is 2.09. The molecule has 4 nitrogen and oxygen atoms in total. The summed E-state index contributed by atoms with van der Waals surface area (Å²) in [6.45, 7) is 1.39. The molecule has 0 bridgehead atoms. The monoisotopic (exact) mass is 268 g/mol. The zero-order valence-corrected chi connectivity index (χ0v) is 11.2. The van der Waals surface area contributed by atoms with Crippen molar-refractivity contribution in [3.63, 3.8) is 0 Å². The number of benzene rings is 2. The first-order valence-corrected chi connectivity index (χ1v) is 6.79. The van der Waals surface area contributed by atoms with Crippen LogP contribution in [0.15, 0.2) is 60.9 Å². The van der Waals surface area contributed by atoms with Crippen LogP contribution < -0.4 is 5.32 Å². The fraction of sp³-hybridized carbons (Fsp3) is 0.188. The number of aromatic nitrogens is 2. The molecule has 1 heterocycles. The highest BCUT2D eigenvalue weighted by molar-refractivity contribution is 5.74. The number of aliphatic hydroxyl groups excluding tert-OH is 1. The molecule has 0 radical (unpaired) electrons. The predicted octanol–water partition coefficient (Wildman–Crippen LogP) is 1.29. The number of quaternary nitrogens is 1. The van der Waals surface area contributed by atoms with Crippen LogP contribution in [0.2, 0.25) is 0 Å². The van der Waals surface area contributed by atoms with Crippen LogP contribution in [0.1, 0.15) is 11.7 Å². The Morgan fingerprint density at radius 3 is 2.65 bits per heavy atom. The van der Waals surface area contributed by atoms with Gasteiger partial charge in [0.05, 0.1) is 11.0 Å². The van der Waals surface area contributed by atoms with Gasteiger partial charge in [0.15, 0.2) is 6.67 Å². The number of fused-ring (bicyclic) bond motifs is 1. The Kier molecular flexibility index (Phi) is 3.76. The molecule has 2 aromatic carbocycles. The lowest BCUT2D eigenvalue weighted by atomic mass is 10.1. The maximum absolute atomic E-state index is 10.1. The smallest absolute Gasteiger partial charge is 0.156 e. The van der Waals surface area contributed by atoms with E-state index < -0.39 is 6.10 Å². The molecule has 1 aromatic heterocycles. The van der Waals surface area contributed by atoms with Crippen molar-refractivity contribution in [1.82, 2.24) is 9.55 Å². The zero-order valence-electron chi connectivity index (χ0n) is 11.2. The summed E-state index contributed by atoms with van der Waals surface area (Å²) >= 11 is 0. The van der Waals surface area contributed by atoms with E-state index in [4.69, 9.17) is 0 Å². The summed E-state index contributed by atoms with van der Waals surface area (Å²) in [6, 6.07) is 17.8. The number of para-hydroxylation sites is 2. The van der Waals surface area contributed by atoms with Gasteiger partial charge in [-0.05, 0) is 17.7 Å². The van der Waals surface area contributed by atoms with E-state index in [1.54, 1.807) is 0 Å². The van der Waals surface area contributed by atoms with Crippen molar-refractivity contribution in [3.05, 3.63) is 66.5 Å². The molecule has 0 amide bonds. The van der Waals surface area contributed by atoms with Gasteiger partial charge in [0.25, 0.3) is 0 Å². The lowest BCUT2D eigenvalue weighted by Gasteiger charge is -2.10. The standard InChI is InChI=1S/C16H17N3O/c20-16(13-6-2-1-3-7-13)10-17-11-19-12-18-14-8-4-5-9-15(14)19/h1-9,12,16-17,20H,10-11H2/p+1/t16-/m0/s1. The van der Waals surface area contributed by atoms with Gasteiger partial charge in [-0.1, -0.05) is 42.5 Å². The molecular formula is C16H18N3O+. The number of aliphatic hydroxyl groups is 1. The number of nitrogens with zero attached hydrogens (tertiary/aromatic N) is 2. The normalized spacial score (nSPS) is 12.7. The van der Waals surface area contributed by atoms with Crippen LogP contribution in [0.25, 0.3) is 11.0 Å². The van der Waals surface area contributed by atoms with E-state index >= 15 is 0 Å². The second-order valence-corrected chi connectivity index (χ2v) is 4.84. The van der Waals surface area contributed by atoms with Gasteiger partial charge in [-0.2, -0.15) is 0 Å². The van der Waals surface area contributed by atoms with Crippen LogP contribution in [0.3, 0.4) is 0 Å². The Bertz CT molecular complexity index is 678. The highest BCUT2D eigenvalue weighted by Gasteiger charge is 2.09. The SMILES string of the molecule is O[C@@H](C[NH2+]Cn1cnc2ccccc21)c1ccccc1. The molecule has 0 aliphatic rings. The first-order valence-electron chi connectivity index (χ1n) is 6.79. The van der Waals surface area contributed by atoms with Crippen molar-refractivity contribution in [1.29, 1.82) is 0 Å². The molecule has 0 aliphatic heterocycles. The molecule has 1 atom stereocenters. The summed E-state index contributed by atoms with van der Waals surface area (Å²) in [5.41, 5.74) is 3.08. The number of nitrogens with two attached hydrogens (primary N) is 1. The second kappa shape index (κ2) is 5.86. The van der Waals surface area contributed by atoms with Crippen LogP contribution in [0.4, 0.5) is 0 Å². The Balaban J connectivity index is 1.60. The van der Waals surface area contributed by atoms with Gasteiger partial charge in [0.1, 0.15) is 19.0 Å². The summed E-state index contributed by atoms with van der Waals surface area (Å²) in [5.74, 6) is 0. The number of hydrogen-bond acceptors (Lipinski definition) is 2. The first kappa shape index (κ1) is 12.8. The van der Waals surface area contributed by atoms with Crippen molar-refractivity contribution in [2.24, 2.45) is 0 Å². The quantitative estimate of drug-likeness (QED) is 0.732. The molecule has 0 saturated heterocycles. The third kappa shape index (κ3) is 2.71. The van der Waals surface area contributed by atoms with Crippen molar-refractivity contribution >= 4 is 11.0 Å². The Labute approximate surface area is 117 Å². The Hall–Kier alpha value is -2.17. The van der Waals surface area contributed by atoms with Gasteiger partial charge in [-0.3, -0.25) is 4.57 Å². The van der Waals surface area contributed by atoms with Crippen molar-refractivity contribution < 1.29 is 10.4 Å². The van der Waals surface area contributed by atoms with E-state index in [2.05, 4.69) is 20.9 Å². The van der Waals surface area contributed by atoms with Crippen LogP contribution in [0.5, 0.6) is 0 Å². The van der Waals surface area contributed by atoms with Crippen LogP contribution >= 0.6 is 0 Å². The Morgan fingerprint density at radius 1 is 1.05 bits per heavy atom. The van der Waals surface area contributed by atoms with Crippen molar-refractivity contribution in [3.8, 4) is 0 Å². The van der Waals surface area contributed by atoms with Crippen molar-refractivity contribution in [2.75, 3.05) is 6.54 Å². The number of rotatable bonds is 5. The molecule has 0 spiro atoms. The predicted molar refractivity (Wildman–Crippen MR) is 77.9 cm³/mol. The number of imidazole rings is 1. The molecule has 0 saturated carbocycles. The Morgan fingerprint density at radius 2 is 1.80 bits per heavy atom. The largest absolute Gasteiger partial charge is 0.382 e. The molecule has 0 unspecified atom stereocenters. The lowest BCUT2D eigenvalue weighted by molar-refractivity contribution is -0.689.